The van der Waals surface area contributed by atoms with Gasteiger partial charge in [0.05, 0.1) is 5.75 Å². The molecule has 0 aromatic heterocycles. The minimum atomic E-state index is -0.581. The molecule has 1 aliphatic heterocycles. The van der Waals surface area contributed by atoms with Gasteiger partial charge in [0, 0.05) is 23.2 Å². The fraction of sp³-hybridized carbons (Fsp3) is 0.273. The fourth-order valence-electron chi connectivity index (χ4n) is 1.58. The van der Waals surface area contributed by atoms with Crippen molar-refractivity contribution in [3.05, 3.63) is 23.8 Å². The molecule has 1 atom stereocenters. The highest BCUT2D eigenvalue weighted by atomic mass is 32.2. The molecule has 1 aliphatic rings. The van der Waals surface area contributed by atoms with Crippen molar-refractivity contribution in [1.82, 2.24) is 5.32 Å². The minimum absolute atomic E-state index is 0.0313. The lowest BCUT2D eigenvalue weighted by atomic mass is 10.1. The van der Waals surface area contributed by atoms with Crippen LogP contribution < -0.4 is 16.4 Å². The van der Waals surface area contributed by atoms with Crippen LogP contribution in [0.5, 0.6) is 0 Å². The lowest BCUT2D eigenvalue weighted by molar-refractivity contribution is -0.118. The average Bonchev–Trinajstić information content (AvgIpc) is 2.62. The molecule has 6 heteroatoms. The molecule has 2 amide bonds. The second-order valence-electron chi connectivity index (χ2n) is 3.68. The molecule has 0 spiro atoms. The van der Waals surface area contributed by atoms with E-state index in [0.29, 0.717) is 5.75 Å². The number of hydrogen-bond acceptors (Lipinski definition) is 4. The summed E-state index contributed by atoms with van der Waals surface area (Å²) in [7, 11) is 1.60. The summed E-state index contributed by atoms with van der Waals surface area (Å²) in [6.45, 7) is 0. The van der Waals surface area contributed by atoms with Crippen LogP contribution in [-0.2, 0) is 9.59 Å². The zero-order chi connectivity index (χ0) is 12.4. The van der Waals surface area contributed by atoms with E-state index in [2.05, 4.69) is 10.6 Å². The van der Waals surface area contributed by atoms with Gasteiger partial charge in [-0.3, -0.25) is 9.59 Å². The van der Waals surface area contributed by atoms with Crippen LogP contribution in [0.4, 0.5) is 5.69 Å². The molecule has 1 aromatic carbocycles. The Kier molecular flexibility index (Phi) is 3.35. The largest absolute Gasteiger partial charge is 0.358 e. The van der Waals surface area contributed by atoms with Crippen LogP contribution in [-0.4, -0.2) is 24.6 Å². The molecule has 0 aliphatic carbocycles. The van der Waals surface area contributed by atoms with Crippen molar-refractivity contribution in [2.45, 2.75) is 10.9 Å². The van der Waals surface area contributed by atoms with Crippen LogP contribution in [0.3, 0.4) is 0 Å². The van der Waals surface area contributed by atoms with E-state index in [4.69, 9.17) is 5.73 Å². The van der Waals surface area contributed by atoms with Crippen molar-refractivity contribution in [2.24, 2.45) is 5.73 Å². The summed E-state index contributed by atoms with van der Waals surface area (Å²) in [5.74, 6) is 0.139. The van der Waals surface area contributed by atoms with Crippen LogP contribution in [0.25, 0.3) is 0 Å². The molecule has 0 bridgehead atoms. The van der Waals surface area contributed by atoms with E-state index in [1.54, 1.807) is 7.05 Å². The maximum atomic E-state index is 11.3. The lowest BCUT2D eigenvalue weighted by Gasteiger charge is -2.04. The zero-order valence-electron chi connectivity index (χ0n) is 9.32. The Morgan fingerprint density at radius 1 is 1.59 bits per heavy atom. The van der Waals surface area contributed by atoms with E-state index in [-0.39, 0.29) is 11.8 Å². The predicted molar refractivity (Wildman–Crippen MR) is 66.8 cm³/mol. The van der Waals surface area contributed by atoms with Crippen molar-refractivity contribution in [3.8, 4) is 0 Å². The topological polar surface area (TPSA) is 84.2 Å². The molecule has 5 nitrogen and oxygen atoms in total. The maximum absolute atomic E-state index is 11.3. The number of amides is 2. The van der Waals surface area contributed by atoms with Crippen LogP contribution >= 0.6 is 11.8 Å². The van der Waals surface area contributed by atoms with E-state index in [1.165, 1.54) is 11.8 Å². The number of nitrogens with one attached hydrogen (secondary N) is 2. The number of carbonyl (C=O) groups is 2. The first kappa shape index (κ1) is 11.9. The summed E-state index contributed by atoms with van der Waals surface area (Å²) >= 11 is 1.42. The SMILES string of the molecule is CNC(=O)CSc1ccc2c(c1)NC(=O)C2N. The molecule has 2 rings (SSSR count). The molecule has 1 heterocycles. The minimum Gasteiger partial charge on any atom is -0.358 e. The summed E-state index contributed by atoms with van der Waals surface area (Å²) in [5.41, 5.74) is 7.25. The third kappa shape index (κ3) is 2.42. The first-order chi connectivity index (χ1) is 8.11. The number of rotatable bonds is 3. The van der Waals surface area contributed by atoms with Gasteiger partial charge in [-0.15, -0.1) is 11.8 Å². The normalized spacial score (nSPS) is 17.5. The number of fused-ring (bicyclic) bond motifs is 1. The first-order valence-electron chi connectivity index (χ1n) is 5.15. The standard InChI is InChI=1S/C11H13N3O2S/c1-13-9(15)5-17-6-2-3-7-8(4-6)14-11(16)10(7)12/h2-4,10H,5,12H2,1H3,(H,13,15)(H,14,16). The smallest absolute Gasteiger partial charge is 0.245 e. The molecule has 17 heavy (non-hydrogen) atoms. The summed E-state index contributed by atoms with van der Waals surface area (Å²) in [6, 6.07) is 4.95. The molecular formula is C11H13N3O2S. The molecule has 1 aromatic rings. The highest BCUT2D eigenvalue weighted by Crippen LogP contribution is 2.32. The molecule has 1 unspecified atom stereocenters. The number of benzene rings is 1. The lowest BCUT2D eigenvalue weighted by Crippen LogP contribution is -2.19. The second kappa shape index (κ2) is 4.77. The molecule has 0 saturated carbocycles. The third-order valence-electron chi connectivity index (χ3n) is 2.55. The average molecular weight is 251 g/mol. The van der Waals surface area contributed by atoms with Gasteiger partial charge in [0.2, 0.25) is 11.8 Å². The van der Waals surface area contributed by atoms with Crippen molar-refractivity contribution in [1.29, 1.82) is 0 Å². The molecule has 0 fully saturated rings. The quantitative estimate of drug-likeness (QED) is 0.682. The summed E-state index contributed by atoms with van der Waals surface area (Å²) in [4.78, 5) is 23.4. The summed E-state index contributed by atoms with van der Waals surface area (Å²) < 4.78 is 0. The van der Waals surface area contributed by atoms with Crippen LogP contribution in [0.15, 0.2) is 23.1 Å². The Labute approximate surface area is 103 Å². The van der Waals surface area contributed by atoms with Gasteiger partial charge in [-0.2, -0.15) is 0 Å². The van der Waals surface area contributed by atoms with Crippen LogP contribution in [0, 0.1) is 0 Å². The molecular weight excluding hydrogens is 238 g/mol. The van der Waals surface area contributed by atoms with Gasteiger partial charge in [0.15, 0.2) is 0 Å². The van der Waals surface area contributed by atoms with Crippen molar-refractivity contribution < 1.29 is 9.59 Å². The Bertz CT molecular complexity index is 476. The number of hydrogen-bond donors (Lipinski definition) is 3. The Balaban J connectivity index is 2.11. The third-order valence-corrected chi connectivity index (χ3v) is 3.54. The monoisotopic (exact) mass is 251 g/mol. The van der Waals surface area contributed by atoms with E-state index in [9.17, 15) is 9.59 Å². The highest BCUT2D eigenvalue weighted by Gasteiger charge is 2.26. The molecule has 0 saturated heterocycles. The number of carbonyl (C=O) groups excluding carboxylic acids is 2. The number of nitrogens with two attached hydrogens (primary N) is 1. The Hall–Kier alpha value is -1.53. The van der Waals surface area contributed by atoms with Gasteiger partial charge in [0.25, 0.3) is 0 Å². The van der Waals surface area contributed by atoms with Gasteiger partial charge in [-0.25, -0.2) is 0 Å². The van der Waals surface area contributed by atoms with Crippen molar-refractivity contribution in [3.63, 3.8) is 0 Å². The zero-order valence-corrected chi connectivity index (χ0v) is 10.1. The van der Waals surface area contributed by atoms with Gasteiger partial charge >= 0.3 is 0 Å². The summed E-state index contributed by atoms with van der Waals surface area (Å²) in [5, 5.41) is 5.26. The molecule has 4 N–H and O–H groups in total. The number of anilines is 1. The van der Waals surface area contributed by atoms with E-state index < -0.39 is 6.04 Å². The predicted octanol–water partition coefficient (Wildman–Crippen LogP) is 0.477. The van der Waals surface area contributed by atoms with E-state index in [1.807, 2.05) is 18.2 Å². The van der Waals surface area contributed by atoms with Gasteiger partial charge in [0.1, 0.15) is 6.04 Å². The molecule has 90 valence electrons. The first-order valence-corrected chi connectivity index (χ1v) is 6.14. The number of thioether (sulfide) groups is 1. The second-order valence-corrected chi connectivity index (χ2v) is 4.73. The summed E-state index contributed by atoms with van der Waals surface area (Å²) in [6.07, 6.45) is 0. The van der Waals surface area contributed by atoms with E-state index in [0.717, 1.165) is 16.1 Å². The van der Waals surface area contributed by atoms with Gasteiger partial charge in [-0.05, 0) is 12.1 Å². The van der Waals surface area contributed by atoms with Crippen molar-refractivity contribution >= 4 is 29.3 Å². The van der Waals surface area contributed by atoms with Gasteiger partial charge < -0.3 is 16.4 Å². The van der Waals surface area contributed by atoms with Crippen LogP contribution in [0.1, 0.15) is 11.6 Å². The Morgan fingerprint density at radius 3 is 3.06 bits per heavy atom. The molecule has 0 radical (unpaired) electrons. The van der Waals surface area contributed by atoms with Crippen molar-refractivity contribution in [2.75, 3.05) is 18.1 Å². The Morgan fingerprint density at radius 2 is 2.35 bits per heavy atom. The van der Waals surface area contributed by atoms with Gasteiger partial charge in [-0.1, -0.05) is 6.07 Å². The maximum Gasteiger partial charge on any atom is 0.245 e. The van der Waals surface area contributed by atoms with Crippen LogP contribution in [0.2, 0.25) is 0 Å². The highest BCUT2D eigenvalue weighted by molar-refractivity contribution is 8.00. The van der Waals surface area contributed by atoms with E-state index >= 15 is 0 Å². The fourth-order valence-corrected chi connectivity index (χ4v) is 2.38.